The summed E-state index contributed by atoms with van der Waals surface area (Å²) in [6.45, 7) is 0. The van der Waals surface area contributed by atoms with Gasteiger partial charge in [-0.15, -0.1) is 0 Å². The van der Waals surface area contributed by atoms with E-state index < -0.39 is 0 Å². The second-order valence-electron chi connectivity index (χ2n) is 5.27. The van der Waals surface area contributed by atoms with Crippen molar-refractivity contribution < 1.29 is 4.74 Å². The summed E-state index contributed by atoms with van der Waals surface area (Å²) in [5.74, 6) is 1.32. The van der Waals surface area contributed by atoms with Gasteiger partial charge in [-0.3, -0.25) is 4.98 Å². The number of nitrogens with one attached hydrogen (secondary N) is 1. The third kappa shape index (κ3) is 2.29. The van der Waals surface area contributed by atoms with E-state index in [0.717, 1.165) is 12.2 Å². The van der Waals surface area contributed by atoms with E-state index in [1.807, 2.05) is 13.2 Å². The molecule has 3 rings (SSSR count). The number of ether oxygens (including phenoxy) is 1. The standard InChI is InChI=1S/C17H20N2O/c1-18-17(13-9-14(20-2)11-19-10-13)16-8-7-12-5-3-4-6-15(12)16/h3-6,9-11,16-18H,7-8H2,1-2H3. The fraction of sp³-hybridized carbons (Fsp3) is 0.353. The van der Waals surface area contributed by atoms with E-state index in [-0.39, 0.29) is 6.04 Å². The minimum Gasteiger partial charge on any atom is -0.495 e. The van der Waals surface area contributed by atoms with Gasteiger partial charge in [-0.05, 0) is 42.6 Å². The van der Waals surface area contributed by atoms with Crippen LogP contribution in [0.5, 0.6) is 5.75 Å². The van der Waals surface area contributed by atoms with Crippen LogP contribution in [0, 0.1) is 0 Å². The van der Waals surface area contributed by atoms with Gasteiger partial charge in [0.25, 0.3) is 0 Å². The highest BCUT2D eigenvalue weighted by atomic mass is 16.5. The van der Waals surface area contributed by atoms with Crippen molar-refractivity contribution in [1.29, 1.82) is 0 Å². The Morgan fingerprint density at radius 2 is 2.15 bits per heavy atom. The second kappa shape index (κ2) is 5.63. The number of benzene rings is 1. The van der Waals surface area contributed by atoms with Gasteiger partial charge in [-0.25, -0.2) is 0 Å². The first-order chi connectivity index (χ1) is 9.83. The quantitative estimate of drug-likeness (QED) is 0.925. The molecule has 1 aliphatic carbocycles. The van der Waals surface area contributed by atoms with Crippen molar-refractivity contribution in [2.75, 3.05) is 14.2 Å². The van der Waals surface area contributed by atoms with Gasteiger partial charge in [0.1, 0.15) is 5.75 Å². The fourth-order valence-electron chi connectivity index (χ4n) is 3.25. The molecule has 0 aliphatic heterocycles. The Bertz CT molecular complexity index is 597. The third-order valence-corrected chi connectivity index (χ3v) is 4.22. The molecule has 2 aromatic rings. The first-order valence-corrected chi connectivity index (χ1v) is 7.07. The van der Waals surface area contributed by atoms with Crippen LogP contribution in [-0.4, -0.2) is 19.1 Å². The van der Waals surface area contributed by atoms with Crippen molar-refractivity contribution in [3.63, 3.8) is 0 Å². The maximum absolute atomic E-state index is 5.29. The molecule has 1 heterocycles. The lowest BCUT2D eigenvalue weighted by Crippen LogP contribution is -2.22. The van der Waals surface area contributed by atoms with Crippen molar-refractivity contribution in [3.05, 3.63) is 59.4 Å². The number of pyridine rings is 1. The molecular weight excluding hydrogens is 248 g/mol. The molecule has 0 spiro atoms. The highest BCUT2D eigenvalue weighted by Gasteiger charge is 2.29. The molecule has 1 aliphatic rings. The molecule has 2 atom stereocenters. The van der Waals surface area contributed by atoms with E-state index in [4.69, 9.17) is 4.74 Å². The smallest absolute Gasteiger partial charge is 0.137 e. The molecule has 104 valence electrons. The molecule has 0 saturated carbocycles. The number of hydrogen-bond donors (Lipinski definition) is 1. The largest absolute Gasteiger partial charge is 0.495 e. The summed E-state index contributed by atoms with van der Waals surface area (Å²) in [6.07, 6.45) is 6.03. The van der Waals surface area contributed by atoms with Gasteiger partial charge in [0.15, 0.2) is 0 Å². The average molecular weight is 268 g/mol. The molecule has 0 saturated heterocycles. The van der Waals surface area contributed by atoms with Crippen LogP contribution in [0.4, 0.5) is 0 Å². The molecule has 0 radical (unpaired) electrons. The van der Waals surface area contributed by atoms with Gasteiger partial charge in [-0.2, -0.15) is 0 Å². The van der Waals surface area contributed by atoms with Crippen LogP contribution in [0.1, 0.15) is 35.1 Å². The molecule has 0 amide bonds. The summed E-state index contributed by atoms with van der Waals surface area (Å²) in [4.78, 5) is 4.29. The molecule has 0 fully saturated rings. The maximum Gasteiger partial charge on any atom is 0.137 e. The van der Waals surface area contributed by atoms with E-state index in [9.17, 15) is 0 Å². The average Bonchev–Trinajstić information content (AvgIpc) is 2.93. The molecule has 3 nitrogen and oxygen atoms in total. The number of aromatic nitrogens is 1. The highest BCUT2D eigenvalue weighted by molar-refractivity contribution is 5.38. The van der Waals surface area contributed by atoms with E-state index in [1.54, 1.807) is 13.3 Å². The predicted molar refractivity (Wildman–Crippen MR) is 80.1 cm³/mol. The number of methoxy groups -OCH3 is 1. The second-order valence-corrected chi connectivity index (χ2v) is 5.27. The third-order valence-electron chi connectivity index (χ3n) is 4.22. The lowest BCUT2D eigenvalue weighted by molar-refractivity contribution is 0.409. The van der Waals surface area contributed by atoms with Crippen LogP contribution in [-0.2, 0) is 6.42 Å². The van der Waals surface area contributed by atoms with Crippen molar-refractivity contribution in [2.24, 2.45) is 0 Å². The van der Waals surface area contributed by atoms with Crippen molar-refractivity contribution in [1.82, 2.24) is 10.3 Å². The summed E-state index contributed by atoms with van der Waals surface area (Å²) < 4.78 is 5.29. The number of hydrogen-bond acceptors (Lipinski definition) is 3. The van der Waals surface area contributed by atoms with Gasteiger partial charge in [0.05, 0.1) is 13.3 Å². The number of fused-ring (bicyclic) bond motifs is 1. The molecule has 1 N–H and O–H groups in total. The van der Waals surface area contributed by atoms with Crippen molar-refractivity contribution >= 4 is 0 Å². The Morgan fingerprint density at radius 3 is 2.95 bits per heavy atom. The van der Waals surface area contributed by atoms with Crippen molar-refractivity contribution in [3.8, 4) is 5.75 Å². The maximum atomic E-state index is 5.29. The van der Waals surface area contributed by atoms with E-state index in [0.29, 0.717) is 5.92 Å². The predicted octanol–water partition coefficient (Wildman–Crippen LogP) is 3.08. The number of nitrogens with zero attached hydrogens (tertiary/aromatic N) is 1. The van der Waals surface area contributed by atoms with Crippen LogP contribution < -0.4 is 10.1 Å². The van der Waals surface area contributed by atoms with E-state index in [1.165, 1.54) is 23.1 Å². The minimum absolute atomic E-state index is 0.279. The highest BCUT2D eigenvalue weighted by Crippen LogP contribution is 2.41. The van der Waals surface area contributed by atoms with Gasteiger partial charge in [0.2, 0.25) is 0 Å². The summed E-state index contributed by atoms with van der Waals surface area (Å²) >= 11 is 0. The molecule has 1 aromatic heterocycles. The zero-order chi connectivity index (χ0) is 13.9. The SMILES string of the molecule is CNC(c1cncc(OC)c1)C1CCc2ccccc21. The van der Waals surface area contributed by atoms with Crippen LogP contribution >= 0.6 is 0 Å². The molecule has 3 heteroatoms. The topological polar surface area (TPSA) is 34.2 Å². The van der Waals surface area contributed by atoms with E-state index >= 15 is 0 Å². The molecular formula is C17H20N2O. The Kier molecular flexibility index (Phi) is 3.70. The van der Waals surface area contributed by atoms with Crippen LogP contribution in [0.15, 0.2) is 42.7 Å². The Hall–Kier alpha value is -1.87. The zero-order valence-corrected chi connectivity index (χ0v) is 12.0. The summed E-state index contributed by atoms with van der Waals surface area (Å²) in [5.41, 5.74) is 4.14. The monoisotopic (exact) mass is 268 g/mol. The molecule has 0 bridgehead atoms. The first kappa shape index (κ1) is 13.1. The van der Waals surface area contributed by atoms with Gasteiger partial charge in [-0.1, -0.05) is 24.3 Å². The summed E-state index contributed by atoms with van der Waals surface area (Å²) in [5, 5.41) is 3.46. The molecule has 1 aromatic carbocycles. The van der Waals surface area contributed by atoms with Crippen molar-refractivity contribution in [2.45, 2.75) is 24.8 Å². The number of likely N-dealkylation sites (N-methyl/N-ethyl adjacent to an activating group) is 1. The first-order valence-electron chi connectivity index (χ1n) is 7.07. The minimum atomic E-state index is 0.279. The Balaban J connectivity index is 1.95. The molecule has 20 heavy (non-hydrogen) atoms. The Labute approximate surface area is 120 Å². The fourth-order valence-corrected chi connectivity index (χ4v) is 3.25. The lowest BCUT2D eigenvalue weighted by atomic mass is 9.89. The number of aryl methyl sites for hydroxylation is 1. The lowest BCUT2D eigenvalue weighted by Gasteiger charge is -2.24. The van der Waals surface area contributed by atoms with E-state index in [2.05, 4.69) is 40.6 Å². The summed E-state index contributed by atoms with van der Waals surface area (Å²) in [6, 6.07) is 11.1. The Morgan fingerprint density at radius 1 is 1.30 bits per heavy atom. The van der Waals surface area contributed by atoms with Crippen LogP contribution in [0.25, 0.3) is 0 Å². The van der Waals surface area contributed by atoms with Gasteiger partial charge in [0, 0.05) is 18.2 Å². The van der Waals surface area contributed by atoms with Gasteiger partial charge < -0.3 is 10.1 Å². The molecule has 2 unspecified atom stereocenters. The van der Waals surface area contributed by atoms with Gasteiger partial charge >= 0.3 is 0 Å². The zero-order valence-electron chi connectivity index (χ0n) is 12.0. The number of rotatable bonds is 4. The normalized spacial score (nSPS) is 18.6. The summed E-state index contributed by atoms with van der Waals surface area (Å²) in [7, 11) is 3.70. The van der Waals surface area contributed by atoms with Crippen LogP contribution in [0.2, 0.25) is 0 Å². The van der Waals surface area contributed by atoms with Crippen LogP contribution in [0.3, 0.4) is 0 Å².